The highest BCUT2D eigenvalue weighted by Crippen LogP contribution is 2.70. The summed E-state index contributed by atoms with van der Waals surface area (Å²) in [6.45, 7) is 8.74. The molecule has 4 rings (SSSR count). The van der Waals surface area contributed by atoms with Crippen LogP contribution < -0.4 is 0 Å². The number of hydrogen-bond donors (Lipinski definition) is 4. The van der Waals surface area contributed by atoms with E-state index in [0.717, 1.165) is 44.9 Å². The van der Waals surface area contributed by atoms with Crippen LogP contribution >= 0.6 is 0 Å². The topological polar surface area (TPSA) is 98.0 Å². The van der Waals surface area contributed by atoms with Gasteiger partial charge in [0.2, 0.25) is 0 Å². The maximum atomic E-state index is 11.7. The molecule has 5 heteroatoms. The number of hydrogen-bond acceptors (Lipinski definition) is 4. The zero-order valence-electron chi connectivity index (χ0n) is 19.2. The van der Waals surface area contributed by atoms with Crippen molar-refractivity contribution >= 4 is 5.97 Å². The minimum atomic E-state index is -0.781. The molecule has 0 heterocycles. The fourth-order valence-corrected chi connectivity index (χ4v) is 9.07. The molecule has 0 unspecified atom stereocenters. The fraction of sp³-hybridized carbons (Fsp3) is 0.960. The molecule has 0 bridgehead atoms. The van der Waals surface area contributed by atoms with Crippen molar-refractivity contribution in [2.75, 3.05) is 0 Å². The molecule has 30 heavy (non-hydrogen) atoms. The van der Waals surface area contributed by atoms with Crippen LogP contribution in [-0.4, -0.2) is 44.2 Å². The summed E-state index contributed by atoms with van der Waals surface area (Å²) in [5.41, 5.74) is -0.973. The van der Waals surface area contributed by atoms with Crippen LogP contribution in [0.3, 0.4) is 0 Å². The molecule has 0 aliphatic heterocycles. The highest BCUT2D eigenvalue weighted by molar-refractivity contribution is 5.66. The molecule has 11 atom stereocenters. The quantitative estimate of drug-likeness (QED) is 0.552. The molecule has 172 valence electrons. The second kappa shape index (κ2) is 7.45. The van der Waals surface area contributed by atoms with Gasteiger partial charge in [0.1, 0.15) is 0 Å². The van der Waals surface area contributed by atoms with E-state index in [9.17, 15) is 20.1 Å². The lowest BCUT2D eigenvalue weighted by Crippen LogP contribution is -2.65. The number of carboxylic acid groups (broad SMARTS) is 1. The molecule has 4 N–H and O–H groups in total. The summed E-state index contributed by atoms with van der Waals surface area (Å²) < 4.78 is 0. The van der Waals surface area contributed by atoms with Gasteiger partial charge in [-0.1, -0.05) is 20.8 Å². The first-order chi connectivity index (χ1) is 13.9. The molecule has 0 spiro atoms. The van der Waals surface area contributed by atoms with Crippen molar-refractivity contribution in [3.8, 4) is 0 Å². The SMILES string of the molecule is C[C@H](CCC(=O)O)[C@H]1CC[C@H]2[C@H]3[C@H](C[C@H](O)[C@]12C)[C@@]1(C)CC[C@@H](O)C[C@H]1C[C@@]3(C)O. The number of aliphatic hydroxyl groups excluding tert-OH is 2. The lowest BCUT2D eigenvalue weighted by Gasteiger charge is -2.66. The predicted molar refractivity (Wildman–Crippen MR) is 115 cm³/mol. The van der Waals surface area contributed by atoms with Crippen molar-refractivity contribution in [1.82, 2.24) is 0 Å². The molecule has 4 saturated carbocycles. The second-order valence-electron chi connectivity index (χ2n) is 12.1. The Morgan fingerprint density at radius 2 is 1.77 bits per heavy atom. The van der Waals surface area contributed by atoms with Gasteiger partial charge in [-0.2, -0.15) is 0 Å². The third-order valence-corrected chi connectivity index (χ3v) is 10.7. The van der Waals surface area contributed by atoms with Crippen molar-refractivity contribution < 1.29 is 25.2 Å². The van der Waals surface area contributed by atoms with Crippen LogP contribution in [0.1, 0.15) is 85.5 Å². The van der Waals surface area contributed by atoms with Crippen LogP contribution in [0.5, 0.6) is 0 Å². The molecule has 0 radical (unpaired) electrons. The third kappa shape index (κ3) is 3.26. The summed E-state index contributed by atoms with van der Waals surface area (Å²) in [7, 11) is 0. The Kier molecular flexibility index (Phi) is 5.60. The van der Waals surface area contributed by atoms with E-state index in [1.807, 2.05) is 6.92 Å². The summed E-state index contributed by atoms with van der Waals surface area (Å²) >= 11 is 0. The van der Waals surface area contributed by atoms with E-state index in [-0.39, 0.29) is 47.0 Å². The van der Waals surface area contributed by atoms with E-state index in [1.165, 1.54) is 0 Å². The first-order valence-electron chi connectivity index (χ1n) is 12.2. The van der Waals surface area contributed by atoms with Crippen molar-refractivity contribution in [2.24, 2.45) is 46.3 Å². The van der Waals surface area contributed by atoms with E-state index < -0.39 is 17.7 Å². The summed E-state index contributed by atoms with van der Waals surface area (Å²) in [5, 5.41) is 42.7. The molecular weight excluding hydrogens is 380 g/mol. The average molecular weight is 423 g/mol. The van der Waals surface area contributed by atoms with Gasteiger partial charge in [-0.25, -0.2) is 0 Å². The van der Waals surface area contributed by atoms with Gasteiger partial charge < -0.3 is 20.4 Å². The summed E-state index contributed by atoms with van der Waals surface area (Å²) in [4.78, 5) is 11.1. The third-order valence-electron chi connectivity index (χ3n) is 10.7. The number of fused-ring (bicyclic) bond motifs is 5. The molecule has 0 aromatic rings. The maximum Gasteiger partial charge on any atom is 0.303 e. The zero-order valence-corrected chi connectivity index (χ0v) is 19.2. The highest BCUT2D eigenvalue weighted by Gasteiger charge is 2.68. The Morgan fingerprint density at radius 1 is 1.07 bits per heavy atom. The minimum absolute atomic E-state index is 0.0709. The van der Waals surface area contributed by atoms with E-state index in [2.05, 4.69) is 20.8 Å². The maximum absolute atomic E-state index is 11.7. The molecule has 0 amide bonds. The minimum Gasteiger partial charge on any atom is -0.481 e. The van der Waals surface area contributed by atoms with Gasteiger partial charge in [0.05, 0.1) is 17.8 Å². The largest absolute Gasteiger partial charge is 0.481 e. The van der Waals surface area contributed by atoms with Gasteiger partial charge in [-0.15, -0.1) is 0 Å². The van der Waals surface area contributed by atoms with E-state index in [1.54, 1.807) is 0 Å². The Balaban J connectivity index is 1.65. The number of aliphatic hydroxyl groups is 3. The molecule has 5 nitrogen and oxygen atoms in total. The van der Waals surface area contributed by atoms with Gasteiger partial charge in [-0.05, 0) is 105 Å². The van der Waals surface area contributed by atoms with Crippen molar-refractivity contribution in [1.29, 1.82) is 0 Å². The van der Waals surface area contributed by atoms with Gasteiger partial charge in [0.15, 0.2) is 0 Å². The first-order valence-corrected chi connectivity index (χ1v) is 12.2. The number of rotatable bonds is 4. The Bertz CT molecular complexity index is 676. The predicted octanol–water partition coefficient (Wildman–Crippen LogP) is 3.84. The smallest absolute Gasteiger partial charge is 0.303 e. The number of carbonyl (C=O) groups is 1. The van der Waals surface area contributed by atoms with E-state index >= 15 is 0 Å². The van der Waals surface area contributed by atoms with Crippen molar-refractivity contribution in [2.45, 2.75) is 103 Å². The monoisotopic (exact) mass is 422 g/mol. The standard InChI is InChI=1S/C25H42O5/c1-14(5-8-21(28)29)17-6-7-18-22-19(12-20(27)25(17,18)4)23(2)10-9-16(26)11-15(23)13-24(22,3)30/h14-20,22,26-27,30H,5-13H2,1-4H3,(H,28,29)/t14-,15+,16-,17-,18+,19+,20+,22+,23+,24-,25-/m1/s1. The van der Waals surface area contributed by atoms with Gasteiger partial charge in [0, 0.05) is 6.42 Å². The number of aliphatic carboxylic acids is 1. The number of carboxylic acids is 1. The molecule has 0 aromatic carbocycles. The van der Waals surface area contributed by atoms with Crippen LogP contribution in [0, 0.1) is 46.3 Å². The Morgan fingerprint density at radius 3 is 2.43 bits per heavy atom. The first kappa shape index (κ1) is 22.5. The Hall–Kier alpha value is -0.650. The normalized spacial score (nSPS) is 54.0. The summed E-state index contributed by atoms with van der Waals surface area (Å²) in [5.74, 6) is 0.818. The molecule has 0 saturated heterocycles. The van der Waals surface area contributed by atoms with Crippen LogP contribution in [-0.2, 0) is 4.79 Å². The van der Waals surface area contributed by atoms with Gasteiger partial charge in [0.25, 0.3) is 0 Å². The van der Waals surface area contributed by atoms with Crippen LogP contribution in [0.25, 0.3) is 0 Å². The van der Waals surface area contributed by atoms with Crippen molar-refractivity contribution in [3.05, 3.63) is 0 Å². The van der Waals surface area contributed by atoms with Gasteiger partial charge >= 0.3 is 5.97 Å². The van der Waals surface area contributed by atoms with Crippen molar-refractivity contribution in [3.63, 3.8) is 0 Å². The van der Waals surface area contributed by atoms with E-state index in [0.29, 0.717) is 18.3 Å². The summed E-state index contributed by atoms with van der Waals surface area (Å²) in [6.07, 6.45) is 6.20. The van der Waals surface area contributed by atoms with Crippen LogP contribution in [0.15, 0.2) is 0 Å². The van der Waals surface area contributed by atoms with Crippen LogP contribution in [0.2, 0.25) is 0 Å². The Labute approximate surface area is 181 Å². The summed E-state index contributed by atoms with van der Waals surface area (Å²) in [6, 6.07) is 0. The highest BCUT2D eigenvalue weighted by atomic mass is 16.4. The molecule has 4 fully saturated rings. The lowest BCUT2D eigenvalue weighted by molar-refractivity contribution is -0.237. The molecule has 4 aliphatic rings. The fourth-order valence-electron chi connectivity index (χ4n) is 9.07. The average Bonchev–Trinajstić information content (AvgIpc) is 3.00. The second-order valence-corrected chi connectivity index (χ2v) is 12.1. The van der Waals surface area contributed by atoms with Gasteiger partial charge in [-0.3, -0.25) is 4.79 Å². The van der Waals surface area contributed by atoms with E-state index in [4.69, 9.17) is 5.11 Å². The zero-order chi connectivity index (χ0) is 22.1. The molecular formula is C25H42O5. The van der Waals surface area contributed by atoms with Crippen LogP contribution in [0.4, 0.5) is 0 Å². The molecule has 0 aromatic heterocycles. The molecule has 4 aliphatic carbocycles. The lowest BCUT2D eigenvalue weighted by atomic mass is 9.41.